The molecule has 3 heterocycles. The van der Waals surface area contributed by atoms with E-state index in [9.17, 15) is 4.79 Å². The monoisotopic (exact) mass is 300 g/mol. The molecule has 0 saturated carbocycles. The highest BCUT2D eigenvalue weighted by molar-refractivity contribution is 6.09. The van der Waals surface area contributed by atoms with Crippen LogP contribution in [0.15, 0.2) is 35.5 Å². The van der Waals surface area contributed by atoms with Crippen LogP contribution < -0.4 is 0 Å². The van der Waals surface area contributed by atoms with E-state index in [4.69, 9.17) is 9.57 Å². The predicted molar refractivity (Wildman–Crippen MR) is 81.6 cm³/mol. The number of oxime groups is 1. The lowest BCUT2D eigenvalue weighted by Gasteiger charge is -2.37. The second-order valence-electron chi connectivity index (χ2n) is 6.21. The highest BCUT2D eigenvalue weighted by Gasteiger charge is 2.61. The van der Waals surface area contributed by atoms with Crippen molar-refractivity contribution >= 4 is 11.7 Å². The molecule has 0 radical (unpaired) electrons. The van der Waals surface area contributed by atoms with Gasteiger partial charge in [-0.25, -0.2) is 4.79 Å². The zero-order chi connectivity index (χ0) is 15.0. The van der Waals surface area contributed by atoms with Crippen molar-refractivity contribution in [1.29, 1.82) is 0 Å². The molecule has 2 fully saturated rings. The average molecular weight is 300 g/mol. The van der Waals surface area contributed by atoms with E-state index in [0.717, 1.165) is 37.2 Å². The largest absolute Gasteiger partial charge is 0.462 e. The first-order chi connectivity index (χ1) is 10.8. The van der Waals surface area contributed by atoms with Crippen LogP contribution in [0.5, 0.6) is 0 Å². The van der Waals surface area contributed by atoms with Crippen molar-refractivity contribution < 1.29 is 14.4 Å². The Labute approximate surface area is 129 Å². The van der Waals surface area contributed by atoms with Gasteiger partial charge in [-0.05, 0) is 25.9 Å². The Kier molecular flexibility index (Phi) is 3.37. The standard InChI is InChI=1S/C17H20N2O3/c20-16-17(9-12-21-16)15(19-10-5-2-6-11-19)14(18-22-17)13-7-3-1-4-8-13/h1,3-4,7-8,15H,2,5-6,9-12H2. The van der Waals surface area contributed by atoms with Gasteiger partial charge in [0.25, 0.3) is 5.60 Å². The summed E-state index contributed by atoms with van der Waals surface area (Å²) < 4.78 is 5.23. The van der Waals surface area contributed by atoms with Crippen LogP contribution in [-0.4, -0.2) is 47.9 Å². The number of benzene rings is 1. The average Bonchev–Trinajstić information content (AvgIpc) is 3.14. The summed E-state index contributed by atoms with van der Waals surface area (Å²) in [6, 6.07) is 9.88. The highest BCUT2D eigenvalue weighted by atomic mass is 16.7. The maximum Gasteiger partial charge on any atom is 0.355 e. The van der Waals surface area contributed by atoms with E-state index < -0.39 is 5.60 Å². The van der Waals surface area contributed by atoms with Crippen LogP contribution in [0.25, 0.3) is 0 Å². The maximum absolute atomic E-state index is 12.4. The van der Waals surface area contributed by atoms with Crippen molar-refractivity contribution in [3.05, 3.63) is 35.9 Å². The summed E-state index contributed by atoms with van der Waals surface area (Å²) in [5.74, 6) is -0.266. The number of cyclic esters (lactones) is 1. The van der Waals surface area contributed by atoms with Crippen molar-refractivity contribution in [3.63, 3.8) is 0 Å². The van der Waals surface area contributed by atoms with Crippen LogP contribution in [0, 0.1) is 0 Å². The Morgan fingerprint density at radius 2 is 1.91 bits per heavy atom. The van der Waals surface area contributed by atoms with Gasteiger partial charge in [-0.3, -0.25) is 4.90 Å². The highest BCUT2D eigenvalue weighted by Crippen LogP contribution is 2.39. The molecule has 1 aromatic rings. The molecule has 0 N–H and O–H groups in total. The number of piperidine rings is 1. The molecule has 2 atom stereocenters. The molecular formula is C17H20N2O3. The Balaban J connectivity index is 1.73. The van der Waals surface area contributed by atoms with Crippen molar-refractivity contribution in [1.82, 2.24) is 4.90 Å². The van der Waals surface area contributed by atoms with Crippen molar-refractivity contribution in [2.24, 2.45) is 5.16 Å². The minimum Gasteiger partial charge on any atom is -0.462 e. The lowest BCUT2D eigenvalue weighted by Crippen LogP contribution is -2.58. The molecule has 5 nitrogen and oxygen atoms in total. The fourth-order valence-electron chi connectivity index (χ4n) is 3.77. The molecule has 0 amide bonds. The van der Waals surface area contributed by atoms with Gasteiger partial charge in [0.05, 0.1) is 6.61 Å². The minimum absolute atomic E-state index is 0.134. The van der Waals surface area contributed by atoms with Gasteiger partial charge in [0.15, 0.2) is 0 Å². The molecule has 3 aliphatic heterocycles. The zero-order valence-electron chi connectivity index (χ0n) is 12.5. The molecule has 3 aliphatic rings. The number of nitrogens with zero attached hydrogens (tertiary/aromatic N) is 2. The van der Waals surface area contributed by atoms with Crippen LogP contribution in [0.3, 0.4) is 0 Å². The van der Waals surface area contributed by atoms with Crippen molar-refractivity contribution in [2.45, 2.75) is 37.3 Å². The second-order valence-corrected chi connectivity index (χ2v) is 6.21. The van der Waals surface area contributed by atoms with E-state index >= 15 is 0 Å². The number of ether oxygens (including phenoxy) is 1. The predicted octanol–water partition coefficient (Wildman–Crippen LogP) is 1.96. The summed E-state index contributed by atoms with van der Waals surface area (Å²) in [4.78, 5) is 20.5. The summed E-state index contributed by atoms with van der Waals surface area (Å²) in [5, 5.41) is 4.32. The summed E-state index contributed by atoms with van der Waals surface area (Å²) in [6.45, 7) is 2.38. The van der Waals surface area contributed by atoms with Gasteiger partial charge in [-0.15, -0.1) is 0 Å². The van der Waals surface area contributed by atoms with Gasteiger partial charge >= 0.3 is 5.97 Å². The molecule has 0 aromatic heterocycles. The number of likely N-dealkylation sites (tertiary alicyclic amines) is 1. The van der Waals surface area contributed by atoms with Gasteiger partial charge < -0.3 is 9.57 Å². The lowest BCUT2D eigenvalue weighted by molar-refractivity contribution is -0.160. The van der Waals surface area contributed by atoms with Gasteiger partial charge in [0, 0.05) is 12.0 Å². The first kappa shape index (κ1) is 13.8. The summed E-state index contributed by atoms with van der Waals surface area (Å²) in [5.41, 5.74) is 0.943. The number of hydrogen-bond donors (Lipinski definition) is 0. The van der Waals surface area contributed by atoms with E-state index in [-0.39, 0.29) is 12.0 Å². The summed E-state index contributed by atoms with van der Waals surface area (Å²) in [6.07, 6.45) is 4.14. The van der Waals surface area contributed by atoms with E-state index in [2.05, 4.69) is 10.1 Å². The van der Waals surface area contributed by atoms with Crippen LogP contribution in [0.4, 0.5) is 0 Å². The normalized spacial score (nSPS) is 31.9. The number of rotatable bonds is 2. The number of esters is 1. The Hall–Kier alpha value is -1.88. The quantitative estimate of drug-likeness (QED) is 0.784. The second kappa shape index (κ2) is 5.39. The summed E-state index contributed by atoms with van der Waals surface area (Å²) >= 11 is 0. The molecule has 5 heteroatoms. The van der Waals surface area contributed by atoms with Gasteiger partial charge in [0.2, 0.25) is 0 Å². The third-order valence-electron chi connectivity index (χ3n) is 4.89. The minimum atomic E-state index is -0.942. The van der Waals surface area contributed by atoms with Gasteiger partial charge in [-0.1, -0.05) is 41.9 Å². The fourth-order valence-corrected chi connectivity index (χ4v) is 3.77. The molecule has 2 unspecified atom stereocenters. The molecule has 0 bridgehead atoms. The Morgan fingerprint density at radius 3 is 2.59 bits per heavy atom. The van der Waals surface area contributed by atoms with Crippen LogP contribution in [-0.2, 0) is 14.4 Å². The molecule has 0 aliphatic carbocycles. The SMILES string of the molecule is O=C1OCCC12ON=C(c1ccccc1)C2N1CCCCC1. The number of hydrogen-bond acceptors (Lipinski definition) is 5. The first-order valence-electron chi connectivity index (χ1n) is 8.04. The topological polar surface area (TPSA) is 51.1 Å². The molecule has 22 heavy (non-hydrogen) atoms. The molecule has 116 valence electrons. The van der Waals surface area contributed by atoms with Crippen molar-refractivity contribution in [2.75, 3.05) is 19.7 Å². The van der Waals surface area contributed by atoms with E-state index in [1.807, 2.05) is 30.3 Å². The van der Waals surface area contributed by atoms with Gasteiger partial charge in [-0.2, -0.15) is 0 Å². The van der Waals surface area contributed by atoms with Crippen LogP contribution in [0.2, 0.25) is 0 Å². The maximum atomic E-state index is 12.4. The van der Waals surface area contributed by atoms with Crippen LogP contribution >= 0.6 is 0 Å². The number of carbonyl (C=O) groups excluding carboxylic acids is 1. The third kappa shape index (κ3) is 2.03. The molecular weight excluding hydrogens is 280 g/mol. The molecule has 1 spiro atoms. The van der Waals surface area contributed by atoms with Crippen LogP contribution in [0.1, 0.15) is 31.2 Å². The van der Waals surface area contributed by atoms with E-state index in [1.165, 1.54) is 6.42 Å². The lowest BCUT2D eigenvalue weighted by atomic mass is 9.85. The summed E-state index contributed by atoms with van der Waals surface area (Å²) in [7, 11) is 0. The van der Waals surface area contributed by atoms with Gasteiger partial charge in [0.1, 0.15) is 11.8 Å². The molecule has 1 aromatic carbocycles. The fraction of sp³-hybridized carbons (Fsp3) is 0.529. The molecule has 2 saturated heterocycles. The van der Waals surface area contributed by atoms with E-state index in [1.54, 1.807) is 0 Å². The third-order valence-corrected chi connectivity index (χ3v) is 4.89. The number of carbonyl (C=O) groups is 1. The molecule has 4 rings (SSSR count). The Morgan fingerprint density at radius 1 is 1.14 bits per heavy atom. The zero-order valence-corrected chi connectivity index (χ0v) is 12.5. The Bertz CT molecular complexity index is 595. The first-order valence-corrected chi connectivity index (χ1v) is 8.04. The van der Waals surface area contributed by atoms with E-state index in [0.29, 0.717) is 13.0 Å². The smallest absolute Gasteiger partial charge is 0.355 e. The van der Waals surface area contributed by atoms with Crippen molar-refractivity contribution in [3.8, 4) is 0 Å².